The van der Waals surface area contributed by atoms with Crippen molar-refractivity contribution in [3.63, 3.8) is 0 Å². The number of methoxy groups -OCH3 is 2. The van der Waals surface area contributed by atoms with Gasteiger partial charge in [0.25, 0.3) is 0 Å². The van der Waals surface area contributed by atoms with Crippen LogP contribution >= 0.6 is 0 Å². The largest absolute Gasteiger partial charge is 0.494 e. The summed E-state index contributed by atoms with van der Waals surface area (Å²) in [5.74, 6) is -1.72. The van der Waals surface area contributed by atoms with E-state index in [-0.39, 0.29) is 11.1 Å². The van der Waals surface area contributed by atoms with Crippen molar-refractivity contribution in [2.24, 2.45) is 0 Å². The van der Waals surface area contributed by atoms with Crippen LogP contribution in [0.5, 0.6) is 17.2 Å². The fourth-order valence-electron chi connectivity index (χ4n) is 5.03. The number of allylic oxidation sites excluding steroid dienone is 2. The Labute approximate surface area is 221 Å². The normalized spacial score (nSPS) is 14.2. The van der Waals surface area contributed by atoms with E-state index in [1.54, 1.807) is 36.9 Å². The van der Waals surface area contributed by atoms with E-state index >= 15 is 0 Å². The number of nitrogens with zero attached hydrogens (tertiary/aromatic N) is 1. The minimum Gasteiger partial charge on any atom is -0.494 e. The van der Waals surface area contributed by atoms with Crippen molar-refractivity contribution >= 4 is 22.7 Å². The Kier molecular flexibility index (Phi) is 7.90. The third-order valence-corrected chi connectivity index (χ3v) is 6.88. The third kappa shape index (κ3) is 5.16. The lowest BCUT2D eigenvalue weighted by atomic mass is 9.79. The highest BCUT2D eigenvalue weighted by Gasteiger charge is 2.39. The zero-order chi connectivity index (χ0) is 27.4. The zero-order valence-corrected chi connectivity index (χ0v) is 21.9. The lowest BCUT2D eigenvalue weighted by Gasteiger charge is -2.37. The first-order valence-electron chi connectivity index (χ1n) is 12.3. The van der Waals surface area contributed by atoms with Crippen molar-refractivity contribution < 1.29 is 34.0 Å². The van der Waals surface area contributed by atoms with E-state index in [0.29, 0.717) is 48.0 Å². The summed E-state index contributed by atoms with van der Waals surface area (Å²) in [7, 11) is 2.97. The second-order valence-corrected chi connectivity index (χ2v) is 9.02. The second-order valence-electron chi connectivity index (χ2n) is 9.02. The summed E-state index contributed by atoms with van der Waals surface area (Å²) < 4.78 is 16.6. The number of benzene rings is 3. The Morgan fingerprint density at radius 1 is 0.816 bits per heavy atom. The van der Waals surface area contributed by atoms with Crippen LogP contribution in [0.4, 0.5) is 0 Å². The molecule has 1 heterocycles. The maximum atomic E-state index is 12.5. The van der Waals surface area contributed by atoms with Gasteiger partial charge in [0, 0.05) is 17.9 Å². The fraction of sp³-hybridized carbons (Fsp3) is 0.267. The average Bonchev–Trinajstić information content (AvgIpc) is 2.91. The first-order chi connectivity index (χ1) is 18.3. The lowest BCUT2D eigenvalue weighted by molar-refractivity contribution is -0.133. The predicted octanol–water partition coefficient (Wildman–Crippen LogP) is 5.44. The van der Waals surface area contributed by atoms with Crippen LogP contribution in [0.3, 0.4) is 0 Å². The van der Waals surface area contributed by atoms with Gasteiger partial charge < -0.3 is 29.3 Å². The number of hydrogen-bond acceptors (Lipinski definition) is 6. The van der Waals surface area contributed by atoms with Gasteiger partial charge in [-0.2, -0.15) is 0 Å². The van der Waals surface area contributed by atoms with Crippen LogP contribution in [0.2, 0.25) is 0 Å². The molecule has 2 N–H and O–H groups in total. The van der Waals surface area contributed by atoms with Gasteiger partial charge in [0.15, 0.2) is 11.5 Å². The summed E-state index contributed by atoms with van der Waals surface area (Å²) >= 11 is 0. The summed E-state index contributed by atoms with van der Waals surface area (Å²) in [5, 5.41) is 22.6. The van der Waals surface area contributed by atoms with E-state index in [1.807, 2.05) is 42.5 Å². The van der Waals surface area contributed by atoms with Crippen LogP contribution in [0.1, 0.15) is 31.7 Å². The second kappa shape index (κ2) is 11.3. The Morgan fingerprint density at radius 3 is 2.05 bits per heavy atom. The minimum absolute atomic E-state index is 0.00988. The maximum Gasteiger partial charge on any atom is 0.334 e. The monoisotopic (exact) mass is 517 g/mol. The standard InChI is InChI=1S/C30H31NO7/c1-18-26(29(32)33)28(22-11-13-24(36-3)25(17-22)37-4)27(30(34)35)19(2)31(18)14-7-15-38-23-12-10-20-8-5-6-9-21(20)16-23/h5-6,8-13,16-17,28H,7,14-15H2,1-4H3,(H,32,33)(H,34,35). The highest BCUT2D eigenvalue weighted by atomic mass is 16.5. The number of fused-ring (bicyclic) bond motifs is 1. The highest BCUT2D eigenvalue weighted by molar-refractivity contribution is 5.98. The molecule has 0 saturated carbocycles. The number of carboxylic acid groups (broad SMARTS) is 2. The molecule has 1 aliphatic rings. The van der Waals surface area contributed by atoms with Crippen LogP contribution in [0.15, 0.2) is 83.2 Å². The van der Waals surface area contributed by atoms with Crippen LogP contribution in [0.25, 0.3) is 10.8 Å². The van der Waals surface area contributed by atoms with Gasteiger partial charge in [-0.15, -0.1) is 0 Å². The van der Waals surface area contributed by atoms with Crippen molar-refractivity contribution in [1.82, 2.24) is 4.90 Å². The molecule has 8 heteroatoms. The lowest BCUT2D eigenvalue weighted by Crippen LogP contribution is -2.35. The molecule has 0 spiro atoms. The maximum absolute atomic E-state index is 12.5. The number of hydrogen-bond donors (Lipinski definition) is 2. The summed E-state index contributed by atoms with van der Waals surface area (Å²) in [6, 6.07) is 18.9. The van der Waals surface area contributed by atoms with Gasteiger partial charge in [-0.25, -0.2) is 9.59 Å². The van der Waals surface area contributed by atoms with Gasteiger partial charge in [-0.05, 0) is 60.9 Å². The van der Waals surface area contributed by atoms with Gasteiger partial charge in [-0.1, -0.05) is 36.4 Å². The van der Waals surface area contributed by atoms with Gasteiger partial charge in [0.05, 0.1) is 37.9 Å². The van der Waals surface area contributed by atoms with Crippen LogP contribution in [-0.2, 0) is 9.59 Å². The Morgan fingerprint density at radius 2 is 1.45 bits per heavy atom. The molecule has 0 radical (unpaired) electrons. The number of carbonyl (C=O) groups is 2. The SMILES string of the molecule is COc1ccc(C2C(C(=O)O)=C(C)N(CCCOc3ccc4ccccc4c3)C(C)=C2C(=O)O)cc1OC. The Hall–Kier alpha value is -4.46. The topological polar surface area (TPSA) is 106 Å². The molecule has 8 nitrogen and oxygen atoms in total. The van der Waals surface area contributed by atoms with Crippen LogP contribution in [0, 0.1) is 0 Å². The average molecular weight is 518 g/mol. The third-order valence-electron chi connectivity index (χ3n) is 6.88. The van der Waals surface area contributed by atoms with Crippen molar-refractivity contribution in [2.45, 2.75) is 26.2 Å². The molecule has 0 bridgehead atoms. The Bertz CT molecular complexity index is 1400. The van der Waals surface area contributed by atoms with Gasteiger partial charge in [-0.3, -0.25) is 0 Å². The molecular formula is C30H31NO7. The molecule has 3 aromatic rings. The summed E-state index contributed by atoms with van der Waals surface area (Å²) in [6.07, 6.45) is 0.558. The van der Waals surface area contributed by atoms with E-state index < -0.39 is 17.9 Å². The number of carboxylic acids is 2. The molecule has 0 unspecified atom stereocenters. The molecule has 38 heavy (non-hydrogen) atoms. The quantitative estimate of drug-likeness (QED) is 0.343. The summed E-state index contributed by atoms with van der Waals surface area (Å²) in [4.78, 5) is 26.7. The van der Waals surface area contributed by atoms with Gasteiger partial charge in [0.1, 0.15) is 5.75 Å². The van der Waals surface area contributed by atoms with Crippen molar-refractivity contribution in [3.05, 3.63) is 88.8 Å². The molecule has 0 saturated heterocycles. The van der Waals surface area contributed by atoms with Crippen molar-refractivity contribution in [2.75, 3.05) is 27.4 Å². The van der Waals surface area contributed by atoms with Crippen LogP contribution < -0.4 is 14.2 Å². The molecule has 0 amide bonds. The summed E-state index contributed by atoms with van der Waals surface area (Å²) in [6.45, 7) is 4.21. The van der Waals surface area contributed by atoms with E-state index in [9.17, 15) is 19.8 Å². The number of ether oxygens (including phenoxy) is 3. The zero-order valence-electron chi connectivity index (χ0n) is 21.9. The molecular weight excluding hydrogens is 486 g/mol. The molecule has 4 rings (SSSR count). The fourth-order valence-corrected chi connectivity index (χ4v) is 5.03. The molecule has 198 valence electrons. The van der Waals surface area contributed by atoms with E-state index in [1.165, 1.54) is 14.2 Å². The molecule has 0 atom stereocenters. The molecule has 1 aliphatic heterocycles. The van der Waals surface area contributed by atoms with Crippen molar-refractivity contribution in [3.8, 4) is 17.2 Å². The van der Waals surface area contributed by atoms with Gasteiger partial charge in [0.2, 0.25) is 0 Å². The number of rotatable bonds is 10. The van der Waals surface area contributed by atoms with Crippen molar-refractivity contribution in [1.29, 1.82) is 0 Å². The van der Waals surface area contributed by atoms with E-state index in [2.05, 4.69) is 0 Å². The van der Waals surface area contributed by atoms with E-state index in [4.69, 9.17) is 14.2 Å². The highest BCUT2D eigenvalue weighted by Crippen LogP contribution is 2.44. The molecule has 0 fully saturated rings. The van der Waals surface area contributed by atoms with E-state index in [0.717, 1.165) is 16.5 Å². The first-order valence-corrected chi connectivity index (χ1v) is 12.3. The molecule has 0 aromatic heterocycles. The number of aliphatic carboxylic acids is 2. The first kappa shape index (κ1) is 26.6. The minimum atomic E-state index is -1.18. The summed E-state index contributed by atoms with van der Waals surface area (Å²) in [5.41, 5.74) is 1.50. The molecule has 0 aliphatic carbocycles. The van der Waals surface area contributed by atoms with Gasteiger partial charge >= 0.3 is 11.9 Å². The smallest absolute Gasteiger partial charge is 0.334 e. The van der Waals surface area contributed by atoms with Crippen LogP contribution in [-0.4, -0.2) is 54.4 Å². The molecule has 3 aromatic carbocycles. The Balaban J connectivity index is 1.60. The predicted molar refractivity (Wildman–Crippen MR) is 144 cm³/mol.